The summed E-state index contributed by atoms with van der Waals surface area (Å²) in [7, 11) is 0. The van der Waals surface area contributed by atoms with E-state index in [9.17, 15) is 0 Å². The fourth-order valence-corrected chi connectivity index (χ4v) is 9.28. The molecule has 0 radical (unpaired) electrons. The third kappa shape index (κ3) is 4.55. The van der Waals surface area contributed by atoms with Crippen molar-refractivity contribution < 1.29 is 0 Å². The molecule has 0 unspecified atom stereocenters. The molecule has 0 N–H and O–H groups in total. The van der Waals surface area contributed by atoms with Crippen molar-refractivity contribution in [2.75, 3.05) is 0 Å². The highest BCUT2D eigenvalue weighted by Crippen LogP contribution is 2.54. The molecule has 0 heterocycles. The van der Waals surface area contributed by atoms with Crippen LogP contribution < -0.4 is 0 Å². The second kappa shape index (κ2) is 11.2. The fraction of sp³-hybridized carbons (Fsp3) is 0.0566. The lowest BCUT2D eigenvalue weighted by atomic mass is 9.79. The van der Waals surface area contributed by atoms with Gasteiger partial charge in [-0.25, -0.2) is 0 Å². The molecule has 1 aliphatic carbocycles. The van der Waals surface area contributed by atoms with Gasteiger partial charge in [0.05, 0.1) is 0 Å². The van der Waals surface area contributed by atoms with E-state index in [0.29, 0.717) is 0 Å². The highest BCUT2D eigenvalue weighted by atomic mass is 14.4. The van der Waals surface area contributed by atoms with Gasteiger partial charge >= 0.3 is 0 Å². The Morgan fingerprint density at radius 1 is 0.283 bits per heavy atom. The van der Waals surface area contributed by atoms with Gasteiger partial charge in [0.25, 0.3) is 0 Å². The Balaban J connectivity index is 1.24. The quantitative estimate of drug-likeness (QED) is 0.164. The zero-order chi connectivity index (χ0) is 35.3. The first-order valence-electron chi connectivity index (χ1n) is 18.7. The minimum absolute atomic E-state index is 0.157. The van der Waals surface area contributed by atoms with Crippen LogP contribution in [0.4, 0.5) is 0 Å². The molecule has 248 valence electrons. The van der Waals surface area contributed by atoms with E-state index in [0.717, 1.165) is 0 Å². The van der Waals surface area contributed by atoms with E-state index in [1.165, 1.54) is 109 Å². The zero-order valence-corrected chi connectivity index (χ0v) is 29.8. The molecular weight excluding hydrogens is 637 g/mol. The SMILES string of the molecule is CC1(C)c2ccc(-c3ccc4ccccc4c3)cc2-c2cc3c(-c4ccc5ccccc5c4)c4ccccc4c(-c4ccc5ccccc5c4)c3cc21. The van der Waals surface area contributed by atoms with Crippen LogP contribution in [0.5, 0.6) is 0 Å². The third-order valence-corrected chi connectivity index (χ3v) is 12.0. The molecule has 0 nitrogen and oxygen atoms in total. The van der Waals surface area contributed by atoms with Crippen LogP contribution >= 0.6 is 0 Å². The van der Waals surface area contributed by atoms with E-state index in [2.05, 4.69) is 196 Å². The smallest absolute Gasteiger partial charge is 0.0159 e. The molecular formula is C53H36. The lowest BCUT2D eigenvalue weighted by Gasteiger charge is -2.24. The van der Waals surface area contributed by atoms with Crippen LogP contribution in [-0.2, 0) is 5.41 Å². The lowest BCUT2D eigenvalue weighted by Crippen LogP contribution is -2.15. The van der Waals surface area contributed by atoms with Gasteiger partial charge in [-0.1, -0.05) is 159 Å². The Kier molecular flexibility index (Phi) is 6.40. The van der Waals surface area contributed by atoms with Crippen molar-refractivity contribution in [1.29, 1.82) is 0 Å². The maximum Gasteiger partial charge on any atom is 0.0159 e. The van der Waals surface area contributed by atoms with Crippen LogP contribution in [0.15, 0.2) is 182 Å². The molecule has 53 heavy (non-hydrogen) atoms. The molecule has 1 aliphatic rings. The van der Waals surface area contributed by atoms with Gasteiger partial charge in [0.15, 0.2) is 0 Å². The van der Waals surface area contributed by atoms with E-state index in [4.69, 9.17) is 0 Å². The fourth-order valence-electron chi connectivity index (χ4n) is 9.28. The molecule has 0 bridgehead atoms. The van der Waals surface area contributed by atoms with Crippen LogP contribution in [-0.4, -0.2) is 0 Å². The highest BCUT2D eigenvalue weighted by Gasteiger charge is 2.36. The highest BCUT2D eigenvalue weighted by molar-refractivity contribution is 6.23. The standard InChI is InChI=1S/C53H36/c1-53(2)49-26-25-40(39-22-19-33-11-3-6-14-36(33)27-39)30-45(49)46-31-47-48(32-50(46)53)52(42-24-21-35-13-5-8-16-38(35)29-42)44-18-10-9-17-43(44)51(47)41-23-20-34-12-4-7-15-37(34)28-41/h3-32H,1-2H3. The maximum atomic E-state index is 2.54. The topological polar surface area (TPSA) is 0 Å². The molecule has 0 heteroatoms. The van der Waals surface area contributed by atoms with E-state index in [-0.39, 0.29) is 5.41 Å². The van der Waals surface area contributed by atoms with Gasteiger partial charge in [-0.05, 0) is 146 Å². The summed E-state index contributed by atoms with van der Waals surface area (Å²) >= 11 is 0. The second-order valence-electron chi connectivity index (χ2n) is 15.3. The van der Waals surface area contributed by atoms with Gasteiger partial charge in [-0.15, -0.1) is 0 Å². The number of hydrogen-bond donors (Lipinski definition) is 0. The average molecular weight is 673 g/mol. The van der Waals surface area contributed by atoms with Crippen molar-refractivity contribution in [3.63, 3.8) is 0 Å². The largest absolute Gasteiger partial charge is 0.0616 e. The van der Waals surface area contributed by atoms with Gasteiger partial charge in [0, 0.05) is 5.41 Å². The Bertz CT molecular complexity index is 3140. The van der Waals surface area contributed by atoms with Crippen molar-refractivity contribution >= 4 is 53.9 Å². The number of hydrogen-bond acceptors (Lipinski definition) is 0. The predicted octanol–water partition coefficient (Wildman–Crippen LogP) is 14.8. The molecule has 10 aromatic rings. The molecule has 0 spiro atoms. The molecule has 11 rings (SSSR count). The minimum atomic E-state index is -0.157. The first-order valence-corrected chi connectivity index (χ1v) is 18.7. The summed E-state index contributed by atoms with van der Waals surface area (Å²) in [5.41, 5.74) is 12.9. The summed E-state index contributed by atoms with van der Waals surface area (Å²) in [4.78, 5) is 0. The molecule has 0 aliphatic heterocycles. The molecule has 0 atom stereocenters. The van der Waals surface area contributed by atoms with E-state index in [1.807, 2.05) is 0 Å². The Morgan fingerprint density at radius 3 is 1.23 bits per heavy atom. The third-order valence-electron chi connectivity index (χ3n) is 12.0. The number of benzene rings is 10. The van der Waals surface area contributed by atoms with Crippen molar-refractivity contribution in [3.05, 3.63) is 193 Å². The van der Waals surface area contributed by atoms with Gasteiger partial charge in [-0.3, -0.25) is 0 Å². The lowest BCUT2D eigenvalue weighted by molar-refractivity contribution is 0.661. The van der Waals surface area contributed by atoms with Crippen LogP contribution in [0.1, 0.15) is 25.0 Å². The van der Waals surface area contributed by atoms with Crippen molar-refractivity contribution in [2.45, 2.75) is 19.3 Å². The van der Waals surface area contributed by atoms with Gasteiger partial charge in [-0.2, -0.15) is 0 Å². The van der Waals surface area contributed by atoms with Crippen LogP contribution in [0.3, 0.4) is 0 Å². The average Bonchev–Trinajstić information content (AvgIpc) is 3.43. The molecule has 0 aromatic heterocycles. The van der Waals surface area contributed by atoms with E-state index >= 15 is 0 Å². The van der Waals surface area contributed by atoms with Crippen LogP contribution in [0.2, 0.25) is 0 Å². The molecule has 0 amide bonds. The normalized spacial score (nSPS) is 13.2. The maximum absolute atomic E-state index is 2.54. The monoisotopic (exact) mass is 672 g/mol. The number of fused-ring (bicyclic) bond motifs is 8. The van der Waals surface area contributed by atoms with Crippen molar-refractivity contribution in [2.24, 2.45) is 0 Å². The molecule has 10 aromatic carbocycles. The van der Waals surface area contributed by atoms with Crippen molar-refractivity contribution in [3.8, 4) is 44.5 Å². The molecule has 0 saturated heterocycles. The summed E-state index contributed by atoms with van der Waals surface area (Å²) in [6, 6.07) is 68.2. The van der Waals surface area contributed by atoms with Gasteiger partial charge < -0.3 is 0 Å². The second-order valence-corrected chi connectivity index (χ2v) is 15.3. The first-order chi connectivity index (χ1) is 26.0. The summed E-state index contributed by atoms with van der Waals surface area (Å²) in [5, 5.41) is 12.7. The Labute approximate surface area is 309 Å². The van der Waals surface area contributed by atoms with Crippen LogP contribution in [0.25, 0.3) is 98.4 Å². The summed E-state index contributed by atoms with van der Waals surface area (Å²) in [5.74, 6) is 0. The van der Waals surface area contributed by atoms with Crippen LogP contribution in [0, 0.1) is 0 Å². The molecule has 0 fully saturated rings. The van der Waals surface area contributed by atoms with Gasteiger partial charge in [0.1, 0.15) is 0 Å². The summed E-state index contributed by atoms with van der Waals surface area (Å²) < 4.78 is 0. The van der Waals surface area contributed by atoms with Gasteiger partial charge in [0.2, 0.25) is 0 Å². The zero-order valence-electron chi connectivity index (χ0n) is 29.8. The molecule has 0 saturated carbocycles. The summed E-state index contributed by atoms with van der Waals surface area (Å²) in [6.07, 6.45) is 0. The summed E-state index contributed by atoms with van der Waals surface area (Å²) in [6.45, 7) is 4.81. The van der Waals surface area contributed by atoms with Crippen molar-refractivity contribution in [1.82, 2.24) is 0 Å². The van der Waals surface area contributed by atoms with E-state index < -0.39 is 0 Å². The minimum Gasteiger partial charge on any atom is -0.0616 e. The first kappa shape index (κ1) is 30.2. The number of rotatable bonds is 3. The predicted molar refractivity (Wildman–Crippen MR) is 228 cm³/mol. The Hall–Kier alpha value is -6.50. The Morgan fingerprint density at radius 2 is 0.679 bits per heavy atom. The van der Waals surface area contributed by atoms with E-state index in [1.54, 1.807) is 0 Å².